The third-order valence-corrected chi connectivity index (χ3v) is 5.04. The molecular formula is C21H16F3N5O. The van der Waals surface area contributed by atoms with Crippen molar-refractivity contribution in [1.82, 2.24) is 14.9 Å². The number of pyridine rings is 2. The number of alkyl halides is 1. The van der Waals surface area contributed by atoms with E-state index in [1.54, 1.807) is 0 Å². The van der Waals surface area contributed by atoms with Crippen LogP contribution in [0.15, 0.2) is 59.9 Å². The van der Waals surface area contributed by atoms with Crippen molar-refractivity contribution in [3.8, 4) is 11.1 Å². The van der Waals surface area contributed by atoms with Crippen LogP contribution in [0.5, 0.6) is 0 Å². The first kappa shape index (κ1) is 19.6. The van der Waals surface area contributed by atoms with Crippen molar-refractivity contribution in [3.63, 3.8) is 0 Å². The van der Waals surface area contributed by atoms with Crippen molar-refractivity contribution >= 4 is 11.9 Å². The number of amides is 1. The van der Waals surface area contributed by atoms with Gasteiger partial charge < -0.3 is 5.73 Å². The van der Waals surface area contributed by atoms with Crippen molar-refractivity contribution in [3.05, 3.63) is 83.4 Å². The second kappa shape index (κ2) is 7.25. The van der Waals surface area contributed by atoms with Crippen LogP contribution in [0.25, 0.3) is 11.1 Å². The maximum Gasteiger partial charge on any atom is 0.266 e. The number of hydrogen-bond donors (Lipinski definition) is 1. The summed E-state index contributed by atoms with van der Waals surface area (Å²) < 4.78 is 42.1. The van der Waals surface area contributed by atoms with E-state index in [0.717, 1.165) is 11.0 Å². The predicted octanol–water partition coefficient (Wildman–Crippen LogP) is 2.92. The molecule has 1 aliphatic rings. The summed E-state index contributed by atoms with van der Waals surface area (Å²) >= 11 is 0. The molecule has 0 fully saturated rings. The van der Waals surface area contributed by atoms with Crippen molar-refractivity contribution in [1.29, 1.82) is 0 Å². The molecule has 0 aliphatic carbocycles. The zero-order valence-corrected chi connectivity index (χ0v) is 15.8. The summed E-state index contributed by atoms with van der Waals surface area (Å²) in [5.41, 5.74) is 4.73. The van der Waals surface area contributed by atoms with Gasteiger partial charge in [0.05, 0.1) is 5.69 Å². The van der Waals surface area contributed by atoms with Gasteiger partial charge in [0.25, 0.3) is 5.91 Å². The molecule has 2 N–H and O–H groups in total. The fraction of sp³-hybridized carbons (Fsp3) is 0.143. The summed E-state index contributed by atoms with van der Waals surface area (Å²) in [6.45, 7) is -0.845. The van der Waals surface area contributed by atoms with E-state index in [-0.39, 0.29) is 28.3 Å². The normalized spacial score (nSPS) is 18.6. The highest BCUT2D eigenvalue weighted by atomic mass is 19.1. The molecule has 1 amide bonds. The van der Waals surface area contributed by atoms with E-state index in [0.29, 0.717) is 5.56 Å². The molecule has 0 bridgehead atoms. The summed E-state index contributed by atoms with van der Waals surface area (Å²) in [5.74, 6) is -2.13. The Hall–Kier alpha value is -3.75. The van der Waals surface area contributed by atoms with Gasteiger partial charge in [-0.05, 0) is 47.5 Å². The van der Waals surface area contributed by atoms with Crippen LogP contribution in [-0.2, 0) is 17.0 Å². The molecule has 1 aliphatic heterocycles. The lowest BCUT2D eigenvalue weighted by Gasteiger charge is -2.27. The Morgan fingerprint density at radius 3 is 2.47 bits per heavy atom. The molecule has 0 radical (unpaired) electrons. The van der Waals surface area contributed by atoms with E-state index in [4.69, 9.17) is 5.73 Å². The Kier molecular flexibility index (Phi) is 4.73. The molecule has 4 rings (SSSR count). The van der Waals surface area contributed by atoms with Gasteiger partial charge in [0.15, 0.2) is 11.5 Å². The lowest BCUT2D eigenvalue weighted by Crippen LogP contribution is -2.41. The summed E-state index contributed by atoms with van der Waals surface area (Å²) in [4.78, 5) is 26.3. The van der Waals surface area contributed by atoms with Gasteiger partial charge in [0, 0.05) is 30.6 Å². The monoisotopic (exact) mass is 411 g/mol. The number of nitrogens with two attached hydrogens (primary N) is 1. The van der Waals surface area contributed by atoms with Gasteiger partial charge in [-0.1, -0.05) is 6.07 Å². The minimum atomic E-state index is -1.69. The van der Waals surface area contributed by atoms with Crippen LogP contribution in [0.1, 0.15) is 16.8 Å². The molecular weight excluding hydrogens is 395 g/mol. The van der Waals surface area contributed by atoms with Gasteiger partial charge >= 0.3 is 0 Å². The Labute approximate surface area is 169 Å². The van der Waals surface area contributed by atoms with Crippen LogP contribution in [0, 0.1) is 11.8 Å². The fourth-order valence-corrected chi connectivity index (χ4v) is 3.50. The van der Waals surface area contributed by atoms with Gasteiger partial charge in [0.1, 0.15) is 12.5 Å². The number of aromatic nitrogens is 2. The van der Waals surface area contributed by atoms with Crippen LogP contribution >= 0.6 is 0 Å². The molecule has 1 aromatic carbocycles. The first-order chi connectivity index (χ1) is 14.4. The minimum absolute atomic E-state index is 0.0583. The first-order valence-corrected chi connectivity index (χ1v) is 8.94. The maximum absolute atomic E-state index is 14.6. The van der Waals surface area contributed by atoms with Crippen molar-refractivity contribution in [2.75, 3.05) is 7.05 Å². The Morgan fingerprint density at radius 1 is 1.03 bits per heavy atom. The Bertz CT molecular complexity index is 1180. The number of carbonyl (C=O) groups excluding carboxylic acids is 1. The summed E-state index contributed by atoms with van der Waals surface area (Å²) in [5, 5.41) is 0. The third kappa shape index (κ3) is 2.90. The topological polar surface area (TPSA) is 84.5 Å². The molecule has 1 unspecified atom stereocenters. The van der Waals surface area contributed by atoms with Crippen LogP contribution in [-0.4, -0.2) is 33.8 Å². The van der Waals surface area contributed by atoms with Crippen LogP contribution in [0.3, 0.4) is 0 Å². The average Bonchev–Trinajstić information content (AvgIpc) is 2.99. The number of benzene rings is 1. The number of rotatable bonds is 4. The fourth-order valence-electron chi connectivity index (χ4n) is 3.50. The molecule has 2 aromatic heterocycles. The number of halogens is 3. The molecule has 3 heterocycles. The molecule has 152 valence electrons. The second-order valence-corrected chi connectivity index (χ2v) is 6.75. The Balaban J connectivity index is 1.99. The minimum Gasteiger partial charge on any atom is -0.369 e. The summed E-state index contributed by atoms with van der Waals surface area (Å²) in [7, 11) is 1.45. The molecule has 0 saturated heterocycles. The zero-order chi connectivity index (χ0) is 21.5. The maximum atomic E-state index is 14.6. The number of likely N-dealkylation sites (N-methyl/N-ethyl adjacent to an activating group) is 1. The lowest BCUT2D eigenvalue weighted by atomic mass is 9.81. The zero-order valence-electron chi connectivity index (χ0n) is 15.8. The summed E-state index contributed by atoms with van der Waals surface area (Å²) in [6.07, 6.45) is 2.60. The number of guanidine groups is 1. The number of carbonyl (C=O) groups is 1. The van der Waals surface area contributed by atoms with Gasteiger partial charge in [0.2, 0.25) is 5.95 Å². The van der Waals surface area contributed by atoms with E-state index in [1.807, 2.05) is 0 Å². The average molecular weight is 411 g/mol. The molecule has 9 heteroatoms. The van der Waals surface area contributed by atoms with Crippen molar-refractivity contribution in [2.24, 2.45) is 10.7 Å². The quantitative estimate of drug-likeness (QED) is 0.669. The number of nitrogens with zero attached hydrogens (tertiary/aromatic N) is 4. The van der Waals surface area contributed by atoms with Crippen molar-refractivity contribution < 1.29 is 18.0 Å². The van der Waals surface area contributed by atoms with Gasteiger partial charge in [-0.15, -0.1) is 0 Å². The SMILES string of the molecule is CN1C(=O)C(c2ccnc(CF)c2)(c2ccc(F)c(-c3cccnc3F)c2)N=C1N. The lowest BCUT2D eigenvalue weighted by molar-refractivity contribution is -0.129. The first-order valence-electron chi connectivity index (χ1n) is 8.94. The third-order valence-electron chi connectivity index (χ3n) is 5.04. The molecule has 0 spiro atoms. The highest BCUT2D eigenvalue weighted by molar-refractivity contribution is 6.09. The molecule has 6 nitrogen and oxygen atoms in total. The molecule has 3 aromatic rings. The molecule has 30 heavy (non-hydrogen) atoms. The Morgan fingerprint density at radius 2 is 1.80 bits per heavy atom. The summed E-state index contributed by atoms with van der Waals surface area (Å²) in [6, 6.07) is 9.59. The highest BCUT2D eigenvalue weighted by Gasteiger charge is 2.50. The van der Waals surface area contributed by atoms with Crippen molar-refractivity contribution in [2.45, 2.75) is 12.2 Å². The number of aliphatic imine (C=N–C) groups is 1. The van der Waals surface area contributed by atoms with Crippen LogP contribution < -0.4 is 5.73 Å². The number of hydrogen-bond acceptors (Lipinski definition) is 5. The second-order valence-electron chi connectivity index (χ2n) is 6.75. The van der Waals surface area contributed by atoms with Gasteiger partial charge in [-0.25, -0.2) is 18.8 Å². The standard InChI is InChI=1S/C21H16F3N5O/c1-29-19(30)21(28-20(29)25,13-6-8-26-14(9-13)11-22)12-4-5-17(23)16(10-12)15-3-2-7-27-18(15)24/h2-10H,11H2,1H3,(H2,25,28). The predicted molar refractivity (Wildman–Crippen MR) is 104 cm³/mol. The largest absolute Gasteiger partial charge is 0.369 e. The van der Waals surface area contributed by atoms with E-state index >= 15 is 0 Å². The smallest absolute Gasteiger partial charge is 0.266 e. The highest BCUT2D eigenvalue weighted by Crippen LogP contribution is 2.41. The van der Waals surface area contributed by atoms with Crippen LogP contribution in [0.2, 0.25) is 0 Å². The molecule has 1 atom stereocenters. The van der Waals surface area contributed by atoms with E-state index in [9.17, 15) is 18.0 Å². The van der Waals surface area contributed by atoms with Gasteiger partial charge in [-0.2, -0.15) is 4.39 Å². The van der Waals surface area contributed by atoms with E-state index in [2.05, 4.69) is 15.0 Å². The molecule has 0 saturated carbocycles. The van der Waals surface area contributed by atoms with Gasteiger partial charge in [-0.3, -0.25) is 14.7 Å². The van der Waals surface area contributed by atoms with E-state index in [1.165, 1.54) is 55.8 Å². The van der Waals surface area contributed by atoms with E-state index < -0.39 is 29.9 Å². The van der Waals surface area contributed by atoms with Crippen LogP contribution in [0.4, 0.5) is 13.2 Å².